The molecule has 136 valence electrons. The molecule has 9 nitrogen and oxygen atoms in total. The van der Waals surface area contributed by atoms with E-state index in [2.05, 4.69) is 34.5 Å². The van der Waals surface area contributed by atoms with Gasteiger partial charge in [0.05, 0.1) is 18.8 Å². The summed E-state index contributed by atoms with van der Waals surface area (Å²) in [6.07, 6.45) is 0.551. The van der Waals surface area contributed by atoms with Crippen molar-refractivity contribution < 1.29 is 9.53 Å². The summed E-state index contributed by atoms with van der Waals surface area (Å²) in [4.78, 5) is 14.8. The van der Waals surface area contributed by atoms with Crippen LogP contribution in [0, 0.1) is 5.92 Å². The maximum atomic E-state index is 13.0. The Kier molecular flexibility index (Phi) is 5.12. The highest BCUT2D eigenvalue weighted by atomic mass is 16.5. The van der Waals surface area contributed by atoms with Crippen molar-refractivity contribution >= 4 is 5.91 Å². The number of hydrogen-bond acceptors (Lipinski definition) is 6. The van der Waals surface area contributed by atoms with E-state index < -0.39 is 0 Å². The molecular formula is C16H25N7O2. The van der Waals surface area contributed by atoms with Crippen LogP contribution in [0.3, 0.4) is 0 Å². The van der Waals surface area contributed by atoms with Crippen molar-refractivity contribution in [1.29, 1.82) is 0 Å². The van der Waals surface area contributed by atoms with Crippen molar-refractivity contribution in [3.8, 4) is 0 Å². The van der Waals surface area contributed by atoms with Crippen LogP contribution < -0.4 is 0 Å². The molecule has 0 N–H and O–H groups in total. The molecule has 0 radical (unpaired) electrons. The molecule has 0 spiro atoms. The third-order valence-electron chi connectivity index (χ3n) is 4.26. The first kappa shape index (κ1) is 17.5. The molecule has 3 heterocycles. The van der Waals surface area contributed by atoms with E-state index in [4.69, 9.17) is 4.74 Å². The average Bonchev–Trinajstić information content (AvgIpc) is 3.19. The molecule has 1 fully saturated rings. The van der Waals surface area contributed by atoms with Crippen LogP contribution in [0.25, 0.3) is 0 Å². The quantitative estimate of drug-likeness (QED) is 0.796. The zero-order chi connectivity index (χ0) is 18.0. The Morgan fingerprint density at radius 3 is 2.88 bits per heavy atom. The number of ether oxygens (including phenoxy) is 1. The van der Waals surface area contributed by atoms with Gasteiger partial charge in [-0.3, -0.25) is 9.48 Å². The number of hydrogen-bond donors (Lipinski definition) is 0. The first-order valence-electron chi connectivity index (χ1n) is 8.69. The molecule has 1 aliphatic heterocycles. The van der Waals surface area contributed by atoms with Crippen LogP contribution in [-0.2, 0) is 24.8 Å². The Labute approximate surface area is 146 Å². The Morgan fingerprint density at radius 2 is 2.24 bits per heavy atom. The molecule has 1 aliphatic rings. The summed E-state index contributed by atoms with van der Waals surface area (Å²) in [7, 11) is 1.77. The third-order valence-corrected chi connectivity index (χ3v) is 4.26. The fraction of sp³-hybridized carbons (Fsp3) is 0.688. The zero-order valence-corrected chi connectivity index (χ0v) is 15.2. The number of aryl methyl sites for hydroxylation is 2. The van der Waals surface area contributed by atoms with E-state index in [0.29, 0.717) is 43.7 Å². The topological polar surface area (TPSA) is 91.0 Å². The van der Waals surface area contributed by atoms with Gasteiger partial charge in [0.25, 0.3) is 5.91 Å². The van der Waals surface area contributed by atoms with Crippen molar-refractivity contribution in [3.05, 3.63) is 23.3 Å². The third kappa shape index (κ3) is 3.71. The Hall–Kier alpha value is -2.29. The molecule has 25 heavy (non-hydrogen) atoms. The van der Waals surface area contributed by atoms with E-state index in [1.807, 2.05) is 13.0 Å². The molecule has 9 heteroatoms. The SMILES string of the molecule is CCn1nc(CC(C)C)cc1C(=O)N1CCOC(c2nnnn2C)C1. The van der Waals surface area contributed by atoms with Crippen LogP contribution in [0.15, 0.2) is 6.07 Å². The molecule has 0 bridgehead atoms. The van der Waals surface area contributed by atoms with Crippen molar-refractivity contribution in [2.75, 3.05) is 19.7 Å². The van der Waals surface area contributed by atoms with Crippen LogP contribution in [0.4, 0.5) is 0 Å². The number of carbonyl (C=O) groups is 1. The molecule has 1 saturated heterocycles. The van der Waals surface area contributed by atoms with Crippen LogP contribution in [0.5, 0.6) is 0 Å². The largest absolute Gasteiger partial charge is 0.366 e. The van der Waals surface area contributed by atoms with Gasteiger partial charge in [-0.1, -0.05) is 13.8 Å². The van der Waals surface area contributed by atoms with Gasteiger partial charge in [0.15, 0.2) is 5.82 Å². The monoisotopic (exact) mass is 347 g/mol. The molecule has 0 saturated carbocycles. The summed E-state index contributed by atoms with van der Waals surface area (Å²) < 4.78 is 9.12. The van der Waals surface area contributed by atoms with Crippen LogP contribution >= 0.6 is 0 Å². The number of tetrazole rings is 1. The minimum absolute atomic E-state index is 0.0206. The minimum atomic E-state index is -0.314. The Balaban J connectivity index is 1.78. The smallest absolute Gasteiger partial charge is 0.272 e. The Bertz CT molecular complexity index is 737. The minimum Gasteiger partial charge on any atom is -0.366 e. The van der Waals surface area contributed by atoms with Gasteiger partial charge in [-0.25, -0.2) is 4.68 Å². The van der Waals surface area contributed by atoms with Gasteiger partial charge in [0.1, 0.15) is 11.8 Å². The first-order valence-corrected chi connectivity index (χ1v) is 8.69. The first-order chi connectivity index (χ1) is 12.0. The van der Waals surface area contributed by atoms with Crippen molar-refractivity contribution in [2.24, 2.45) is 13.0 Å². The second-order valence-corrected chi connectivity index (χ2v) is 6.71. The number of rotatable bonds is 5. The molecule has 1 atom stereocenters. The van der Waals surface area contributed by atoms with Crippen LogP contribution in [-0.4, -0.2) is 60.5 Å². The molecule has 1 unspecified atom stereocenters. The lowest BCUT2D eigenvalue weighted by Gasteiger charge is -2.32. The predicted octanol–water partition coefficient (Wildman–Crippen LogP) is 0.839. The lowest BCUT2D eigenvalue weighted by Crippen LogP contribution is -2.43. The molecule has 2 aromatic rings. The number of amides is 1. The van der Waals surface area contributed by atoms with Gasteiger partial charge in [0.2, 0.25) is 0 Å². The van der Waals surface area contributed by atoms with E-state index in [1.54, 1.807) is 21.3 Å². The fourth-order valence-corrected chi connectivity index (χ4v) is 3.06. The maximum absolute atomic E-state index is 13.0. The summed E-state index contributed by atoms with van der Waals surface area (Å²) >= 11 is 0. The average molecular weight is 347 g/mol. The second-order valence-electron chi connectivity index (χ2n) is 6.71. The van der Waals surface area contributed by atoms with E-state index >= 15 is 0 Å². The zero-order valence-electron chi connectivity index (χ0n) is 15.2. The standard InChI is InChI=1S/C16H25N7O2/c1-5-23-13(9-12(18-23)8-11(2)3)16(24)22-6-7-25-14(10-22)15-17-19-20-21(15)4/h9,11,14H,5-8,10H2,1-4H3. The number of carbonyl (C=O) groups excluding carboxylic acids is 1. The lowest BCUT2D eigenvalue weighted by molar-refractivity contribution is -0.0287. The second kappa shape index (κ2) is 7.30. The molecule has 0 aliphatic carbocycles. The Morgan fingerprint density at radius 1 is 1.44 bits per heavy atom. The molecule has 2 aromatic heterocycles. The number of nitrogens with zero attached hydrogens (tertiary/aromatic N) is 7. The lowest BCUT2D eigenvalue weighted by atomic mass is 10.1. The van der Waals surface area contributed by atoms with Gasteiger partial charge in [0, 0.05) is 20.1 Å². The summed E-state index contributed by atoms with van der Waals surface area (Å²) in [6, 6.07) is 1.92. The van der Waals surface area contributed by atoms with E-state index in [-0.39, 0.29) is 12.0 Å². The van der Waals surface area contributed by atoms with Crippen molar-refractivity contribution in [3.63, 3.8) is 0 Å². The number of aromatic nitrogens is 6. The van der Waals surface area contributed by atoms with E-state index in [1.165, 1.54) is 0 Å². The molecule has 1 amide bonds. The fourth-order valence-electron chi connectivity index (χ4n) is 3.06. The normalized spacial score (nSPS) is 18.1. The summed E-state index contributed by atoms with van der Waals surface area (Å²) in [5, 5.41) is 16.1. The van der Waals surface area contributed by atoms with Gasteiger partial charge < -0.3 is 9.64 Å². The van der Waals surface area contributed by atoms with Gasteiger partial charge in [-0.15, -0.1) is 5.10 Å². The van der Waals surface area contributed by atoms with Gasteiger partial charge >= 0.3 is 0 Å². The van der Waals surface area contributed by atoms with Gasteiger partial charge in [-0.05, 0) is 35.8 Å². The molecule has 0 aromatic carbocycles. The van der Waals surface area contributed by atoms with E-state index in [9.17, 15) is 4.79 Å². The summed E-state index contributed by atoms with van der Waals surface area (Å²) in [5.74, 6) is 1.11. The predicted molar refractivity (Wildman–Crippen MR) is 89.8 cm³/mol. The van der Waals surface area contributed by atoms with Crippen LogP contribution in [0.2, 0.25) is 0 Å². The van der Waals surface area contributed by atoms with Crippen LogP contribution in [0.1, 0.15) is 48.9 Å². The summed E-state index contributed by atoms with van der Waals surface area (Å²) in [5.41, 5.74) is 1.59. The van der Waals surface area contributed by atoms with Gasteiger partial charge in [-0.2, -0.15) is 5.10 Å². The van der Waals surface area contributed by atoms with Crippen molar-refractivity contribution in [2.45, 2.75) is 39.8 Å². The summed E-state index contributed by atoms with van der Waals surface area (Å²) in [6.45, 7) is 8.40. The molecule has 3 rings (SSSR count). The highest BCUT2D eigenvalue weighted by Crippen LogP contribution is 2.21. The highest BCUT2D eigenvalue weighted by Gasteiger charge is 2.30. The number of morpholine rings is 1. The maximum Gasteiger partial charge on any atom is 0.272 e. The van der Waals surface area contributed by atoms with Crippen molar-refractivity contribution in [1.82, 2.24) is 34.9 Å². The van der Waals surface area contributed by atoms with E-state index in [0.717, 1.165) is 12.1 Å². The highest BCUT2D eigenvalue weighted by molar-refractivity contribution is 5.92. The molecular weight excluding hydrogens is 322 g/mol.